The topological polar surface area (TPSA) is 74.7 Å². The van der Waals surface area contributed by atoms with Gasteiger partial charge in [-0.1, -0.05) is 36.9 Å². The van der Waals surface area contributed by atoms with Crippen LogP contribution in [0, 0.1) is 5.92 Å². The van der Waals surface area contributed by atoms with E-state index in [0.29, 0.717) is 24.3 Å². The summed E-state index contributed by atoms with van der Waals surface area (Å²) in [5, 5.41) is 9.38. The molecule has 0 aromatic heterocycles. The average Bonchev–Trinajstić information content (AvgIpc) is 2.50. The molecule has 2 rings (SSSR count). The summed E-state index contributed by atoms with van der Waals surface area (Å²) in [5.74, 6) is -1.29. The third kappa shape index (κ3) is 3.50. The Morgan fingerprint density at radius 1 is 1.36 bits per heavy atom. The lowest BCUT2D eigenvalue weighted by atomic mass is 9.94. The molecule has 0 spiro atoms. The van der Waals surface area contributed by atoms with Crippen molar-refractivity contribution in [3.8, 4) is 0 Å². The molecule has 0 saturated heterocycles. The molecule has 1 amide bonds. The number of benzene rings is 1. The Labute approximate surface area is 133 Å². The van der Waals surface area contributed by atoms with E-state index in [-0.39, 0.29) is 11.0 Å². The fraction of sp³-hybridized carbons (Fsp3) is 0.438. The van der Waals surface area contributed by atoms with Crippen molar-refractivity contribution in [3.05, 3.63) is 29.8 Å². The number of amides is 1. The maximum atomic E-state index is 12.7. The molecule has 0 saturated carbocycles. The van der Waals surface area contributed by atoms with E-state index in [1.165, 1.54) is 11.8 Å². The Hall–Kier alpha value is -1.82. The van der Waals surface area contributed by atoms with Gasteiger partial charge in [-0.3, -0.25) is 14.5 Å². The van der Waals surface area contributed by atoms with Crippen molar-refractivity contribution in [1.29, 1.82) is 0 Å². The second-order valence-corrected chi connectivity index (χ2v) is 6.63. The Morgan fingerprint density at radius 3 is 2.68 bits per heavy atom. The van der Waals surface area contributed by atoms with Crippen LogP contribution in [-0.2, 0) is 20.8 Å². The maximum Gasteiger partial charge on any atom is 0.326 e. The van der Waals surface area contributed by atoms with Gasteiger partial charge < -0.3 is 5.11 Å². The second kappa shape index (κ2) is 6.96. The van der Waals surface area contributed by atoms with E-state index in [4.69, 9.17) is 0 Å². The molecule has 0 bridgehead atoms. The zero-order chi connectivity index (χ0) is 16.3. The van der Waals surface area contributed by atoms with E-state index in [1.54, 1.807) is 19.1 Å². The highest BCUT2D eigenvalue weighted by Gasteiger charge is 2.37. The molecule has 1 aromatic rings. The van der Waals surface area contributed by atoms with E-state index < -0.39 is 17.9 Å². The van der Waals surface area contributed by atoms with Crippen molar-refractivity contribution >= 4 is 34.4 Å². The van der Waals surface area contributed by atoms with Crippen LogP contribution in [0.25, 0.3) is 0 Å². The van der Waals surface area contributed by atoms with Crippen molar-refractivity contribution in [1.82, 2.24) is 0 Å². The first-order chi connectivity index (χ1) is 10.4. The Balaban J connectivity index is 2.29. The number of anilines is 1. The summed E-state index contributed by atoms with van der Waals surface area (Å²) in [4.78, 5) is 36.7. The molecule has 6 heteroatoms. The largest absolute Gasteiger partial charge is 0.480 e. The molecule has 0 aliphatic carbocycles. The first-order valence-electron chi connectivity index (χ1n) is 7.19. The van der Waals surface area contributed by atoms with E-state index in [2.05, 4.69) is 0 Å². The third-order valence-corrected chi connectivity index (χ3v) is 4.80. The zero-order valence-electron chi connectivity index (χ0n) is 12.6. The van der Waals surface area contributed by atoms with Gasteiger partial charge in [0.2, 0.25) is 5.91 Å². The van der Waals surface area contributed by atoms with Crippen LogP contribution in [0.3, 0.4) is 0 Å². The number of aryl methyl sites for hydroxylation is 1. The minimum absolute atomic E-state index is 0.0477. The number of carbonyl (C=O) groups is 3. The molecular formula is C16H19NO4S. The number of hydrogen-bond acceptors (Lipinski definition) is 4. The lowest BCUT2D eigenvalue weighted by Gasteiger charge is -2.36. The predicted molar refractivity (Wildman–Crippen MR) is 86.0 cm³/mol. The van der Waals surface area contributed by atoms with Crippen molar-refractivity contribution < 1.29 is 19.5 Å². The van der Waals surface area contributed by atoms with E-state index in [1.807, 2.05) is 12.1 Å². The minimum Gasteiger partial charge on any atom is -0.480 e. The molecule has 1 aliphatic heterocycles. The van der Waals surface area contributed by atoms with Crippen LogP contribution in [0.2, 0.25) is 0 Å². The molecule has 0 radical (unpaired) electrons. The van der Waals surface area contributed by atoms with Crippen molar-refractivity contribution in [2.75, 3.05) is 10.7 Å². The van der Waals surface area contributed by atoms with Crippen LogP contribution < -0.4 is 4.90 Å². The molecule has 1 aromatic carbocycles. The fourth-order valence-electron chi connectivity index (χ4n) is 2.60. The van der Waals surface area contributed by atoms with Gasteiger partial charge in [0.15, 0.2) is 5.12 Å². The van der Waals surface area contributed by atoms with Gasteiger partial charge in [0.05, 0.1) is 0 Å². The minimum atomic E-state index is -0.991. The average molecular weight is 321 g/mol. The molecule has 1 heterocycles. The van der Waals surface area contributed by atoms with Gasteiger partial charge in [-0.05, 0) is 24.5 Å². The monoisotopic (exact) mass is 321 g/mol. The van der Waals surface area contributed by atoms with Gasteiger partial charge in [0, 0.05) is 24.3 Å². The molecule has 5 nitrogen and oxygen atoms in total. The van der Waals surface area contributed by atoms with Gasteiger partial charge >= 0.3 is 5.97 Å². The number of para-hydroxylation sites is 1. The summed E-state index contributed by atoms with van der Waals surface area (Å²) in [5.41, 5.74) is 1.66. The van der Waals surface area contributed by atoms with Crippen LogP contribution in [0.15, 0.2) is 24.3 Å². The first kappa shape index (κ1) is 16.5. The number of carboxylic acids is 1. The highest BCUT2D eigenvalue weighted by atomic mass is 32.2. The Bertz CT molecular complexity index is 602. The van der Waals surface area contributed by atoms with Gasteiger partial charge in [-0.2, -0.15) is 0 Å². The van der Waals surface area contributed by atoms with E-state index in [9.17, 15) is 19.5 Å². The number of hydrogen-bond donors (Lipinski definition) is 1. The number of fused-ring (bicyclic) bond motifs is 1. The smallest absolute Gasteiger partial charge is 0.326 e. The zero-order valence-corrected chi connectivity index (χ0v) is 13.4. The van der Waals surface area contributed by atoms with Gasteiger partial charge in [0.1, 0.15) is 6.04 Å². The lowest BCUT2D eigenvalue weighted by Crippen LogP contribution is -2.50. The van der Waals surface area contributed by atoms with Gasteiger partial charge in [-0.25, -0.2) is 4.79 Å². The van der Waals surface area contributed by atoms with Crippen LogP contribution in [-0.4, -0.2) is 33.9 Å². The number of thioether (sulfide) groups is 1. The number of carboxylic acid groups (broad SMARTS) is 1. The molecule has 1 N–H and O–H groups in total. The second-order valence-electron chi connectivity index (χ2n) is 5.43. The van der Waals surface area contributed by atoms with Crippen LogP contribution >= 0.6 is 11.8 Å². The van der Waals surface area contributed by atoms with Gasteiger partial charge in [0.25, 0.3) is 0 Å². The quantitative estimate of drug-likeness (QED) is 0.921. The van der Waals surface area contributed by atoms with Crippen LogP contribution in [0.1, 0.15) is 25.8 Å². The number of nitrogens with zero attached hydrogens (tertiary/aromatic N) is 1. The van der Waals surface area contributed by atoms with E-state index >= 15 is 0 Å². The third-order valence-electron chi connectivity index (χ3n) is 3.73. The number of aliphatic carboxylic acids is 1. The van der Waals surface area contributed by atoms with Crippen LogP contribution in [0.5, 0.6) is 0 Å². The first-order valence-corrected chi connectivity index (χ1v) is 8.17. The SMILES string of the molecule is CC(=O)SC[C@@H](C)C(=O)N1c2ccccc2CC[C@H]1C(=O)O. The molecule has 0 fully saturated rings. The molecule has 1 aliphatic rings. The normalized spacial score (nSPS) is 18.5. The molecule has 22 heavy (non-hydrogen) atoms. The summed E-state index contributed by atoms with van der Waals surface area (Å²) < 4.78 is 0. The highest BCUT2D eigenvalue weighted by molar-refractivity contribution is 8.13. The molecular weight excluding hydrogens is 302 g/mol. The maximum absolute atomic E-state index is 12.7. The fourth-order valence-corrected chi connectivity index (χ4v) is 3.23. The summed E-state index contributed by atoms with van der Waals surface area (Å²) >= 11 is 1.09. The molecule has 118 valence electrons. The van der Waals surface area contributed by atoms with Crippen molar-refractivity contribution in [3.63, 3.8) is 0 Å². The van der Waals surface area contributed by atoms with Gasteiger partial charge in [-0.15, -0.1) is 0 Å². The summed E-state index contributed by atoms with van der Waals surface area (Å²) in [6.07, 6.45) is 1.05. The van der Waals surface area contributed by atoms with Crippen molar-refractivity contribution in [2.45, 2.75) is 32.7 Å². The highest BCUT2D eigenvalue weighted by Crippen LogP contribution is 2.32. The standard InChI is InChI=1S/C16H19NO4S/c1-10(9-22-11(2)18)15(19)17-13-6-4-3-5-12(13)7-8-14(17)16(20)21/h3-6,10,14H,7-9H2,1-2H3,(H,20,21)/t10-,14+/m1/s1. The summed E-state index contributed by atoms with van der Waals surface area (Å²) in [6, 6.07) is 6.55. The molecule has 2 atom stereocenters. The predicted octanol–water partition coefficient (Wildman–Crippen LogP) is 2.33. The van der Waals surface area contributed by atoms with E-state index in [0.717, 1.165) is 17.3 Å². The van der Waals surface area contributed by atoms with Crippen LogP contribution in [0.4, 0.5) is 5.69 Å². The molecule has 0 unspecified atom stereocenters. The summed E-state index contributed by atoms with van der Waals surface area (Å²) in [6.45, 7) is 3.19. The lowest BCUT2D eigenvalue weighted by molar-refractivity contribution is -0.140. The Morgan fingerprint density at radius 2 is 2.05 bits per heavy atom. The number of rotatable bonds is 4. The number of carbonyl (C=O) groups excluding carboxylic acids is 2. The summed E-state index contributed by atoms with van der Waals surface area (Å²) in [7, 11) is 0. The Kier molecular flexibility index (Phi) is 5.24. The van der Waals surface area contributed by atoms with Crippen molar-refractivity contribution in [2.24, 2.45) is 5.92 Å².